The molecule has 2 aromatic carbocycles. The number of hydrogen-bond donors (Lipinski definition) is 1. The third-order valence-electron chi connectivity index (χ3n) is 5.81. The fraction of sp³-hybridized carbons (Fsp3) is 0.333. The second-order valence-electron chi connectivity index (χ2n) is 7.62. The molecule has 0 aliphatic carbocycles. The Morgan fingerprint density at radius 3 is 2.52 bits per heavy atom. The van der Waals surface area contributed by atoms with Gasteiger partial charge in [0, 0.05) is 22.4 Å². The van der Waals surface area contributed by atoms with E-state index in [2.05, 4.69) is 93.4 Å². The van der Waals surface area contributed by atoms with E-state index in [-0.39, 0.29) is 0 Å². The summed E-state index contributed by atoms with van der Waals surface area (Å²) >= 11 is 3.60. The van der Waals surface area contributed by atoms with E-state index < -0.39 is 0 Å². The molecular formula is C24H27BrN2. The number of likely N-dealkylation sites (tertiary alicyclic amines) is 1. The molecule has 2 nitrogen and oxygen atoms in total. The lowest BCUT2D eigenvalue weighted by atomic mass is 9.89. The number of H-pyrrole nitrogens is 1. The van der Waals surface area contributed by atoms with Crippen molar-refractivity contribution in [1.82, 2.24) is 9.88 Å². The average molecular weight is 423 g/mol. The van der Waals surface area contributed by atoms with Gasteiger partial charge in [-0.2, -0.15) is 0 Å². The number of aromatic amines is 1. The minimum absolute atomic E-state index is 0.706. The summed E-state index contributed by atoms with van der Waals surface area (Å²) in [7, 11) is 0. The second kappa shape index (κ2) is 8.45. The number of nitrogens with one attached hydrogen (secondary N) is 1. The van der Waals surface area contributed by atoms with Crippen LogP contribution in [-0.2, 0) is 6.42 Å². The molecule has 1 saturated heterocycles. The van der Waals surface area contributed by atoms with Crippen molar-refractivity contribution >= 4 is 15.9 Å². The Balaban J connectivity index is 1.32. The number of benzene rings is 2. The number of piperidine rings is 1. The van der Waals surface area contributed by atoms with Crippen LogP contribution in [-0.4, -0.2) is 29.5 Å². The fourth-order valence-electron chi connectivity index (χ4n) is 4.16. The Kier molecular flexibility index (Phi) is 5.80. The molecular weight excluding hydrogens is 396 g/mol. The van der Waals surface area contributed by atoms with Crippen molar-refractivity contribution in [3.63, 3.8) is 0 Å². The Morgan fingerprint density at radius 2 is 1.78 bits per heavy atom. The van der Waals surface area contributed by atoms with Gasteiger partial charge in [-0.1, -0.05) is 58.4 Å². The highest BCUT2D eigenvalue weighted by Crippen LogP contribution is 2.30. The van der Waals surface area contributed by atoms with Gasteiger partial charge in [0.2, 0.25) is 0 Å². The summed E-state index contributed by atoms with van der Waals surface area (Å²) in [6, 6.07) is 21.8. The summed E-state index contributed by atoms with van der Waals surface area (Å²) < 4.78 is 1.19. The van der Waals surface area contributed by atoms with Gasteiger partial charge in [-0.3, -0.25) is 0 Å². The summed E-state index contributed by atoms with van der Waals surface area (Å²) in [5.41, 5.74) is 6.73. The average Bonchev–Trinajstić information content (AvgIpc) is 3.08. The van der Waals surface area contributed by atoms with Crippen LogP contribution in [0.2, 0.25) is 0 Å². The number of nitrogens with zero attached hydrogens (tertiary/aromatic N) is 1. The van der Waals surface area contributed by atoms with Crippen LogP contribution in [0.3, 0.4) is 0 Å². The van der Waals surface area contributed by atoms with Gasteiger partial charge >= 0.3 is 0 Å². The molecule has 0 spiro atoms. The summed E-state index contributed by atoms with van der Waals surface area (Å²) in [4.78, 5) is 6.19. The molecule has 1 aliphatic rings. The summed E-state index contributed by atoms with van der Waals surface area (Å²) in [5, 5.41) is 0. The molecule has 27 heavy (non-hydrogen) atoms. The number of aromatic nitrogens is 1. The van der Waals surface area contributed by atoms with Gasteiger partial charge in [0.1, 0.15) is 0 Å². The molecule has 0 bridgehead atoms. The van der Waals surface area contributed by atoms with Crippen molar-refractivity contribution in [3.05, 3.63) is 82.0 Å². The Morgan fingerprint density at radius 1 is 1.00 bits per heavy atom. The predicted molar refractivity (Wildman–Crippen MR) is 117 cm³/mol. The van der Waals surface area contributed by atoms with Crippen LogP contribution in [0.25, 0.3) is 11.3 Å². The van der Waals surface area contributed by atoms with E-state index in [9.17, 15) is 0 Å². The van der Waals surface area contributed by atoms with Crippen LogP contribution < -0.4 is 0 Å². The van der Waals surface area contributed by atoms with Crippen LogP contribution in [0, 0.1) is 6.92 Å². The Bertz CT molecular complexity index is 876. The van der Waals surface area contributed by atoms with Crippen LogP contribution in [0.15, 0.2) is 65.1 Å². The van der Waals surface area contributed by atoms with Crippen LogP contribution in [0.5, 0.6) is 0 Å². The zero-order chi connectivity index (χ0) is 18.6. The van der Waals surface area contributed by atoms with Crippen LogP contribution >= 0.6 is 15.9 Å². The van der Waals surface area contributed by atoms with Crippen molar-refractivity contribution < 1.29 is 0 Å². The highest BCUT2D eigenvalue weighted by atomic mass is 79.9. The Labute approximate surface area is 170 Å². The van der Waals surface area contributed by atoms with E-state index in [1.54, 1.807) is 0 Å². The summed E-state index contributed by atoms with van der Waals surface area (Å²) in [6.45, 7) is 5.75. The SMILES string of the molecule is Cc1[nH]c(-c2ccccc2)cc1CCN1CCC(c2cccc(Br)c2)CC1. The van der Waals surface area contributed by atoms with E-state index >= 15 is 0 Å². The van der Waals surface area contributed by atoms with Crippen molar-refractivity contribution in [2.75, 3.05) is 19.6 Å². The lowest BCUT2D eigenvalue weighted by molar-refractivity contribution is 0.214. The molecule has 1 aliphatic heterocycles. The maximum atomic E-state index is 3.60. The number of aryl methyl sites for hydroxylation is 1. The first-order valence-electron chi connectivity index (χ1n) is 9.91. The minimum Gasteiger partial charge on any atom is -0.358 e. The Hall–Kier alpha value is -1.84. The number of halogens is 1. The zero-order valence-corrected chi connectivity index (χ0v) is 17.5. The van der Waals surface area contributed by atoms with E-state index in [0.717, 1.165) is 13.0 Å². The van der Waals surface area contributed by atoms with E-state index in [4.69, 9.17) is 0 Å². The van der Waals surface area contributed by atoms with Gasteiger partial charge in [0.25, 0.3) is 0 Å². The predicted octanol–water partition coefficient (Wildman–Crippen LogP) is 6.17. The molecule has 4 rings (SSSR count). The molecule has 1 fully saturated rings. The molecule has 2 heterocycles. The smallest absolute Gasteiger partial charge is 0.0458 e. The highest BCUT2D eigenvalue weighted by molar-refractivity contribution is 9.10. The van der Waals surface area contributed by atoms with E-state index in [1.165, 1.54) is 58.5 Å². The maximum absolute atomic E-state index is 3.60. The van der Waals surface area contributed by atoms with Crippen molar-refractivity contribution in [1.29, 1.82) is 0 Å². The largest absolute Gasteiger partial charge is 0.358 e. The minimum atomic E-state index is 0.706. The van der Waals surface area contributed by atoms with Crippen LogP contribution in [0.4, 0.5) is 0 Å². The maximum Gasteiger partial charge on any atom is 0.0458 e. The molecule has 3 aromatic rings. The number of rotatable bonds is 5. The van der Waals surface area contributed by atoms with Gasteiger partial charge in [-0.05, 0) is 80.1 Å². The third-order valence-corrected chi connectivity index (χ3v) is 6.31. The monoisotopic (exact) mass is 422 g/mol. The summed E-state index contributed by atoms with van der Waals surface area (Å²) in [6.07, 6.45) is 3.65. The van der Waals surface area contributed by atoms with Crippen molar-refractivity contribution in [3.8, 4) is 11.3 Å². The van der Waals surface area contributed by atoms with Gasteiger partial charge in [0.15, 0.2) is 0 Å². The topological polar surface area (TPSA) is 19.0 Å². The standard InChI is InChI=1S/C24H27BrN2/c1-18-21(17-24(26-18)20-6-3-2-4-7-20)12-15-27-13-10-19(11-14-27)22-8-5-9-23(25)16-22/h2-9,16-17,19,26H,10-15H2,1H3. The lowest BCUT2D eigenvalue weighted by Crippen LogP contribution is -2.34. The van der Waals surface area contributed by atoms with Crippen LogP contribution in [0.1, 0.15) is 35.6 Å². The van der Waals surface area contributed by atoms with Crippen molar-refractivity contribution in [2.45, 2.75) is 32.1 Å². The zero-order valence-electron chi connectivity index (χ0n) is 15.9. The normalized spacial score (nSPS) is 15.9. The molecule has 140 valence electrons. The first kappa shape index (κ1) is 18.5. The lowest BCUT2D eigenvalue weighted by Gasteiger charge is -2.32. The van der Waals surface area contributed by atoms with Gasteiger partial charge in [0.05, 0.1) is 0 Å². The molecule has 0 saturated carbocycles. The number of hydrogen-bond acceptors (Lipinski definition) is 1. The van der Waals surface area contributed by atoms with E-state index in [0.29, 0.717) is 5.92 Å². The molecule has 0 atom stereocenters. The van der Waals surface area contributed by atoms with Crippen molar-refractivity contribution in [2.24, 2.45) is 0 Å². The first-order chi connectivity index (χ1) is 13.2. The van der Waals surface area contributed by atoms with Gasteiger partial charge in [-0.25, -0.2) is 0 Å². The quantitative estimate of drug-likeness (QED) is 0.520. The summed E-state index contributed by atoms with van der Waals surface area (Å²) in [5.74, 6) is 0.706. The first-order valence-corrected chi connectivity index (χ1v) is 10.7. The van der Waals surface area contributed by atoms with Gasteiger partial charge < -0.3 is 9.88 Å². The third kappa shape index (κ3) is 4.53. The van der Waals surface area contributed by atoms with E-state index in [1.807, 2.05) is 0 Å². The fourth-order valence-corrected chi connectivity index (χ4v) is 4.58. The second-order valence-corrected chi connectivity index (χ2v) is 8.54. The molecule has 3 heteroatoms. The molecule has 1 aromatic heterocycles. The highest BCUT2D eigenvalue weighted by Gasteiger charge is 2.20. The molecule has 0 unspecified atom stereocenters. The molecule has 1 N–H and O–H groups in total. The molecule has 0 amide bonds. The van der Waals surface area contributed by atoms with Gasteiger partial charge in [-0.15, -0.1) is 0 Å². The molecule has 0 radical (unpaired) electrons.